The molecule has 1 aliphatic rings. The lowest BCUT2D eigenvalue weighted by atomic mass is 9.63. The molecule has 0 spiro atoms. The number of amides is 2. The van der Waals surface area contributed by atoms with E-state index in [0.29, 0.717) is 5.56 Å². The van der Waals surface area contributed by atoms with E-state index in [-0.39, 0.29) is 28.0 Å². The third kappa shape index (κ3) is 4.63. The molecule has 1 unspecified atom stereocenters. The van der Waals surface area contributed by atoms with Gasteiger partial charge in [0.2, 0.25) is 5.91 Å². The molecule has 0 fully saturated rings. The van der Waals surface area contributed by atoms with Crippen molar-refractivity contribution in [2.45, 2.75) is 64.3 Å². The van der Waals surface area contributed by atoms with Crippen molar-refractivity contribution in [3.63, 3.8) is 0 Å². The van der Waals surface area contributed by atoms with Crippen molar-refractivity contribution in [1.29, 1.82) is 0 Å². The second-order valence-electron chi connectivity index (χ2n) is 9.55. The van der Waals surface area contributed by atoms with Crippen LogP contribution in [-0.4, -0.2) is 22.9 Å². The third-order valence-electron chi connectivity index (χ3n) is 6.24. The number of aromatic carboxylic acids is 1. The predicted molar refractivity (Wildman–Crippen MR) is 120 cm³/mol. The van der Waals surface area contributed by atoms with Gasteiger partial charge in [-0.2, -0.15) is 0 Å². The molecule has 1 aliphatic carbocycles. The summed E-state index contributed by atoms with van der Waals surface area (Å²) in [6, 6.07) is 11.2. The highest BCUT2D eigenvalue weighted by atomic mass is 16.4. The van der Waals surface area contributed by atoms with Crippen LogP contribution in [0, 0.1) is 0 Å². The highest BCUT2D eigenvalue weighted by Gasteiger charge is 2.37. The zero-order valence-corrected chi connectivity index (χ0v) is 18.7. The van der Waals surface area contributed by atoms with E-state index in [1.807, 2.05) is 12.1 Å². The van der Waals surface area contributed by atoms with Gasteiger partial charge in [-0.15, -0.1) is 0 Å². The number of carboxylic acids is 1. The van der Waals surface area contributed by atoms with Crippen LogP contribution >= 0.6 is 0 Å². The molecule has 0 bridgehead atoms. The maximum absolute atomic E-state index is 13.2. The Morgan fingerprint density at radius 1 is 0.935 bits per heavy atom. The fourth-order valence-electron chi connectivity index (χ4n) is 4.27. The Bertz CT molecular complexity index is 1040. The van der Waals surface area contributed by atoms with E-state index < -0.39 is 17.9 Å². The number of carboxylic acid groups (broad SMARTS) is 1. The molecular weight excluding hydrogens is 392 g/mol. The third-order valence-corrected chi connectivity index (χ3v) is 6.24. The SMILES string of the molecule is CC(=O)NC(C(=O)Nc1ccccc1C(=O)O)c1ccc2c(c1)C(C)(C)CCC2(C)C. The summed E-state index contributed by atoms with van der Waals surface area (Å²) in [5.41, 5.74) is 3.27. The van der Waals surface area contributed by atoms with E-state index in [4.69, 9.17) is 0 Å². The van der Waals surface area contributed by atoms with Gasteiger partial charge in [-0.3, -0.25) is 9.59 Å². The predicted octanol–water partition coefficient (Wildman–Crippen LogP) is 4.55. The van der Waals surface area contributed by atoms with Crippen LogP contribution in [0.1, 0.15) is 80.6 Å². The number of benzene rings is 2. The molecule has 164 valence electrons. The van der Waals surface area contributed by atoms with Crippen molar-refractivity contribution >= 4 is 23.5 Å². The number of anilines is 1. The molecule has 6 nitrogen and oxygen atoms in total. The summed E-state index contributed by atoms with van der Waals surface area (Å²) in [4.78, 5) is 36.5. The summed E-state index contributed by atoms with van der Waals surface area (Å²) in [5, 5.41) is 14.8. The van der Waals surface area contributed by atoms with Crippen molar-refractivity contribution in [1.82, 2.24) is 5.32 Å². The Labute approximate surface area is 183 Å². The molecular formula is C25H30N2O4. The fourth-order valence-corrected chi connectivity index (χ4v) is 4.27. The number of carbonyl (C=O) groups excluding carboxylic acids is 2. The lowest BCUT2D eigenvalue weighted by molar-refractivity contribution is -0.125. The first-order valence-electron chi connectivity index (χ1n) is 10.5. The second-order valence-corrected chi connectivity index (χ2v) is 9.55. The van der Waals surface area contributed by atoms with Gasteiger partial charge in [0.1, 0.15) is 6.04 Å². The van der Waals surface area contributed by atoms with E-state index in [1.54, 1.807) is 12.1 Å². The molecule has 31 heavy (non-hydrogen) atoms. The van der Waals surface area contributed by atoms with E-state index in [0.717, 1.165) is 12.8 Å². The molecule has 2 amide bonds. The van der Waals surface area contributed by atoms with Crippen LogP contribution in [0.4, 0.5) is 5.69 Å². The standard InChI is InChI=1S/C25H30N2O4/c1-15(28)26-21(22(29)27-20-9-7-6-8-17(20)23(30)31)16-10-11-18-19(14-16)25(4,5)13-12-24(18,2)3/h6-11,14,21H,12-13H2,1-5H3,(H,26,28)(H,27,29)(H,30,31). The number of carbonyl (C=O) groups is 3. The molecule has 2 aromatic carbocycles. The zero-order chi connectivity index (χ0) is 23.0. The number of hydrogen-bond acceptors (Lipinski definition) is 3. The minimum Gasteiger partial charge on any atom is -0.478 e. The molecule has 0 radical (unpaired) electrons. The molecule has 0 heterocycles. The molecule has 0 saturated carbocycles. The minimum atomic E-state index is -1.13. The molecule has 1 atom stereocenters. The van der Waals surface area contributed by atoms with Crippen molar-refractivity contribution in [2.24, 2.45) is 0 Å². The van der Waals surface area contributed by atoms with Gasteiger partial charge in [-0.05, 0) is 52.5 Å². The number of fused-ring (bicyclic) bond motifs is 1. The lowest BCUT2D eigenvalue weighted by Crippen LogP contribution is -2.37. The smallest absolute Gasteiger partial charge is 0.337 e. The second kappa shape index (κ2) is 8.17. The maximum Gasteiger partial charge on any atom is 0.337 e. The molecule has 6 heteroatoms. The maximum atomic E-state index is 13.2. The monoisotopic (exact) mass is 422 g/mol. The summed E-state index contributed by atoms with van der Waals surface area (Å²) < 4.78 is 0. The van der Waals surface area contributed by atoms with E-state index in [2.05, 4.69) is 44.4 Å². The van der Waals surface area contributed by atoms with Crippen LogP contribution in [0.5, 0.6) is 0 Å². The Morgan fingerprint density at radius 2 is 1.55 bits per heavy atom. The first kappa shape index (κ1) is 22.5. The van der Waals surface area contributed by atoms with Gasteiger partial charge < -0.3 is 15.7 Å². The van der Waals surface area contributed by atoms with Crippen LogP contribution in [-0.2, 0) is 20.4 Å². The van der Waals surface area contributed by atoms with Crippen LogP contribution in [0.3, 0.4) is 0 Å². The fraction of sp³-hybridized carbons (Fsp3) is 0.400. The van der Waals surface area contributed by atoms with Crippen LogP contribution in [0.15, 0.2) is 42.5 Å². The summed E-state index contributed by atoms with van der Waals surface area (Å²) in [6.45, 7) is 10.2. The Morgan fingerprint density at radius 3 is 2.16 bits per heavy atom. The van der Waals surface area contributed by atoms with Crippen LogP contribution < -0.4 is 10.6 Å². The highest BCUT2D eigenvalue weighted by Crippen LogP contribution is 2.46. The first-order chi connectivity index (χ1) is 14.4. The van der Waals surface area contributed by atoms with E-state index >= 15 is 0 Å². The van der Waals surface area contributed by atoms with Crippen molar-refractivity contribution in [3.8, 4) is 0 Å². The number of nitrogens with one attached hydrogen (secondary N) is 2. The average Bonchev–Trinajstić information content (AvgIpc) is 2.69. The Balaban J connectivity index is 2.01. The van der Waals surface area contributed by atoms with E-state index in [1.165, 1.54) is 30.2 Å². The first-order valence-corrected chi connectivity index (χ1v) is 10.5. The summed E-state index contributed by atoms with van der Waals surface area (Å²) >= 11 is 0. The molecule has 0 saturated heterocycles. The van der Waals surface area contributed by atoms with Gasteiger partial charge in [0, 0.05) is 6.92 Å². The number of rotatable bonds is 5. The highest BCUT2D eigenvalue weighted by molar-refractivity contribution is 6.03. The van der Waals surface area contributed by atoms with Gasteiger partial charge in [0.15, 0.2) is 0 Å². The molecule has 3 rings (SSSR count). The van der Waals surface area contributed by atoms with Crippen molar-refractivity contribution in [3.05, 3.63) is 64.7 Å². The summed E-state index contributed by atoms with van der Waals surface area (Å²) in [7, 11) is 0. The van der Waals surface area contributed by atoms with Crippen LogP contribution in [0.25, 0.3) is 0 Å². The topological polar surface area (TPSA) is 95.5 Å². The quantitative estimate of drug-likeness (QED) is 0.659. The minimum absolute atomic E-state index is 0.00857. The zero-order valence-electron chi connectivity index (χ0n) is 18.7. The van der Waals surface area contributed by atoms with Crippen molar-refractivity contribution < 1.29 is 19.5 Å². The summed E-state index contributed by atoms with van der Waals surface area (Å²) in [6.07, 6.45) is 2.10. The molecule has 3 N–H and O–H groups in total. The largest absolute Gasteiger partial charge is 0.478 e. The summed E-state index contributed by atoms with van der Waals surface area (Å²) in [5.74, 6) is -1.97. The van der Waals surface area contributed by atoms with Gasteiger partial charge >= 0.3 is 5.97 Å². The van der Waals surface area contributed by atoms with E-state index in [9.17, 15) is 19.5 Å². The van der Waals surface area contributed by atoms with Gasteiger partial charge in [0.25, 0.3) is 5.91 Å². The Hall–Kier alpha value is -3.15. The normalized spacial score (nSPS) is 17.2. The molecule has 2 aromatic rings. The Kier molecular flexibility index (Phi) is 5.94. The van der Waals surface area contributed by atoms with Crippen LogP contribution in [0.2, 0.25) is 0 Å². The average molecular weight is 423 g/mol. The van der Waals surface area contributed by atoms with Gasteiger partial charge in [-0.25, -0.2) is 4.79 Å². The van der Waals surface area contributed by atoms with Gasteiger partial charge in [-0.1, -0.05) is 58.0 Å². The van der Waals surface area contributed by atoms with Gasteiger partial charge in [0.05, 0.1) is 11.3 Å². The molecule has 0 aromatic heterocycles. The number of para-hydroxylation sites is 1. The molecule has 0 aliphatic heterocycles. The number of hydrogen-bond donors (Lipinski definition) is 3. The lowest BCUT2D eigenvalue weighted by Gasteiger charge is -2.42. The van der Waals surface area contributed by atoms with Crippen molar-refractivity contribution in [2.75, 3.05) is 5.32 Å².